The predicted molar refractivity (Wildman–Crippen MR) is 122 cm³/mol. The molecule has 3 aromatic rings. The molecule has 1 aliphatic rings. The van der Waals surface area contributed by atoms with Crippen LogP contribution in [0.15, 0.2) is 54.6 Å². The predicted octanol–water partition coefficient (Wildman–Crippen LogP) is 5.08. The molecule has 0 aromatic heterocycles. The van der Waals surface area contributed by atoms with Crippen molar-refractivity contribution in [2.45, 2.75) is 12.8 Å². The van der Waals surface area contributed by atoms with Crippen LogP contribution in [-0.4, -0.2) is 39.3 Å². The van der Waals surface area contributed by atoms with E-state index in [9.17, 15) is 4.79 Å². The van der Waals surface area contributed by atoms with Crippen molar-refractivity contribution >= 4 is 39.7 Å². The van der Waals surface area contributed by atoms with Gasteiger partial charge in [0.1, 0.15) is 5.75 Å². The van der Waals surface area contributed by atoms with E-state index >= 15 is 0 Å². The van der Waals surface area contributed by atoms with E-state index in [1.807, 2.05) is 55.5 Å². The first-order valence-corrected chi connectivity index (χ1v) is 10.4. The molecule has 3 aromatic carbocycles. The van der Waals surface area contributed by atoms with Gasteiger partial charge in [-0.05, 0) is 47.5 Å². The van der Waals surface area contributed by atoms with Crippen LogP contribution in [0, 0.1) is 0 Å². The monoisotopic (exact) mass is 424 g/mol. The van der Waals surface area contributed by atoms with Crippen LogP contribution in [0.2, 0.25) is 5.02 Å². The summed E-state index contributed by atoms with van der Waals surface area (Å²) in [5, 5.41) is 5.87. The van der Waals surface area contributed by atoms with Gasteiger partial charge in [-0.1, -0.05) is 41.9 Å². The lowest BCUT2D eigenvalue weighted by atomic mass is 9.97. The molecule has 0 aliphatic carbocycles. The Morgan fingerprint density at radius 1 is 1.10 bits per heavy atom. The standard InChI is InChI=1S/C24H25ClN2O3/c1-16(17-6-7-19-15-20(29-2)9-8-18(19)14-17)24(28)26-22-5-3-4-21(25)23(22)27-10-12-30-13-11-27/h3-9,14-16H,10-13H2,1-2H3,(H,26,28). The Morgan fingerprint density at radius 3 is 2.60 bits per heavy atom. The van der Waals surface area contributed by atoms with Gasteiger partial charge in [0.05, 0.1) is 42.6 Å². The summed E-state index contributed by atoms with van der Waals surface area (Å²) in [5.74, 6) is 0.435. The Morgan fingerprint density at radius 2 is 1.83 bits per heavy atom. The molecule has 1 aliphatic heterocycles. The largest absolute Gasteiger partial charge is 0.497 e. The molecule has 1 heterocycles. The summed E-state index contributed by atoms with van der Waals surface area (Å²) in [6.07, 6.45) is 0. The number of benzene rings is 3. The van der Waals surface area contributed by atoms with E-state index in [1.165, 1.54) is 0 Å². The van der Waals surface area contributed by atoms with Crippen molar-refractivity contribution < 1.29 is 14.3 Å². The fourth-order valence-corrected chi connectivity index (χ4v) is 4.05. The van der Waals surface area contributed by atoms with Gasteiger partial charge < -0.3 is 19.7 Å². The summed E-state index contributed by atoms with van der Waals surface area (Å²) >= 11 is 6.49. The molecule has 0 spiro atoms. The van der Waals surface area contributed by atoms with Gasteiger partial charge in [0.25, 0.3) is 0 Å². The van der Waals surface area contributed by atoms with E-state index in [0.29, 0.717) is 18.2 Å². The number of amides is 1. The number of ether oxygens (including phenoxy) is 2. The number of hydrogen-bond acceptors (Lipinski definition) is 4. The topological polar surface area (TPSA) is 50.8 Å². The van der Waals surface area contributed by atoms with Gasteiger partial charge in [0, 0.05) is 13.1 Å². The molecule has 5 nitrogen and oxygen atoms in total. The molecule has 1 atom stereocenters. The SMILES string of the molecule is COc1ccc2cc(C(C)C(=O)Nc3cccc(Cl)c3N3CCOCC3)ccc2c1. The van der Waals surface area contributed by atoms with Crippen LogP contribution < -0.4 is 15.0 Å². The number of carbonyl (C=O) groups excluding carboxylic acids is 1. The Labute approximate surface area is 181 Å². The molecule has 6 heteroatoms. The Bertz CT molecular complexity index is 1060. The van der Waals surface area contributed by atoms with E-state index < -0.39 is 0 Å². The van der Waals surface area contributed by atoms with Crippen LogP contribution in [0.25, 0.3) is 10.8 Å². The smallest absolute Gasteiger partial charge is 0.231 e. The maximum absolute atomic E-state index is 13.1. The first-order chi connectivity index (χ1) is 14.6. The minimum absolute atomic E-state index is 0.0698. The highest BCUT2D eigenvalue weighted by Crippen LogP contribution is 2.35. The van der Waals surface area contributed by atoms with Gasteiger partial charge in [0.15, 0.2) is 0 Å². The number of morpholine rings is 1. The molecule has 1 saturated heterocycles. The van der Waals surface area contributed by atoms with Crippen LogP contribution in [-0.2, 0) is 9.53 Å². The molecule has 1 N–H and O–H groups in total. The number of hydrogen-bond donors (Lipinski definition) is 1. The molecule has 0 radical (unpaired) electrons. The first kappa shape index (κ1) is 20.5. The fourth-order valence-electron chi connectivity index (χ4n) is 3.76. The summed E-state index contributed by atoms with van der Waals surface area (Å²) in [7, 11) is 1.66. The number of halogens is 1. The van der Waals surface area contributed by atoms with E-state index in [-0.39, 0.29) is 11.8 Å². The van der Waals surface area contributed by atoms with Crippen molar-refractivity contribution in [3.8, 4) is 5.75 Å². The summed E-state index contributed by atoms with van der Waals surface area (Å²) in [5.41, 5.74) is 2.54. The summed E-state index contributed by atoms with van der Waals surface area (Å²) in [4.78, 5) is 15.2. The van der Waals surface area contributed by atoms with Crippen molar-refractivity contribution in [1.29, 1.82) is 0 Å². The van der Waals surface area contributed by atoms with Crippen molar-refractivity contribution in [2.24, 2.45) is 0 Å². The van der Waals surface area contributed by atoms with Gasteiger partial charge in [-0.25, -0.2) is 0 Å². The average Bonchev–Trinajstić information content (AvgIpc) is 2.78. The summed E-state index contributed by atoms with van der Waals surface area (Å²) < 4.78 is 10.7. The molecule has 30 heavy (non-hydrogen) atoms. The van der Waals surface area contributed by atoms with Crippen LogP contribution in [0.5, 0.6) is 5.75 Å². The molecule has 0 saturated carbocycles. The van der Waals surface area contributed by atoms with Crippen molar-refractivity contribution in [3.63, 3.8) is 0 Å². The van der Waals surface area contributed by atoms with Gasteiger partial charge in [-0.15, -0.1) is 0 Å². The van der Waals surface area contributed by atoms with Crippen LogP contribution >= 0.6 is 11.6 Å². The second-order valence-corrected chi connectivity index (χ2v) is 7.83. The third-order valence-corrected chi connectivity index (χ3v) is 5.84. The minimum atomic E-state index is -0.312. The van der Waals surface area contributed by atoms with Crippen molar-refractivity contribution in [3.05, 3.63) is 65.2 Å². The van der Waals surface area contributed by atoms with E-state index in [0.717, 1.165) is 46.5 Å². The van der Waals surface area contributed by atoms with Crippen LogP contribution in [0.1, 0.15) is 18.4 Å². The van der Waals surface area contributed by atoms with E-state index in [2.05, 4.69) is 16.3 Å². The lowest BCUT2D eigenvalue weighted by Gasteiger charge is -2.31. The number of rotatable bonds is 5. The highest BCUT2D eigenvalue weighted by Gasteiger charge is 2.21. The van der Waals surface area contributed by atoms with Gasteiger partial charge in [-0.3, -0.25) is 4.79 Å². The third kappa shape index (κ3) is 4.23. The third-order valence-electron chi connectivity index (χ3n) is 5.54. The lowest BCUT2D eigenvalue weighted by Crippen LogP contribution is -2.37. The van der Waals surface area contributed by atoms with Gasteiger partial charge in [-0.2, -0.15) is 0 Å². The molecule has 1 unspecified atom stereocenters. The quantitative estimate of drug-likeness (QED) is 0.620. The Hall–Kier alpha value is -2.76. The number of para-hydroxylation sites is 1. The van der Waals surface area contributed by atoms with Crippen molar-refractivity contribution in [2.75, 3.05) is 43.6 Å². The Kier molecular flexibility index (Phi) is 6.11. The first-order valence-electron chi connectivity index (χ1n) is 10.1. The van der Waals surface area contributed by atoms with Gasteiger partial charge in [0.2, 0.25) is 5.91 Å². The molecule has 1 amide bonds. The Balaban J connectivity index is 1.57. The van der Waals surface area contributed by atoms with Crippen LogP contribution in [0.3, 0.4) is 0 Å². The van der Waals surface area contributed by atoms with Gasteiger partial charge >= 0.3 is 0 Å². The summed E-state index contributed by atoms with van der Waals surface area (Å²) in [6, 6.07) is 17.6. The lowest BCUT2D eigenvalue weighted by molar-refractivity contribution is -0.117. The number of nitrogens with one attached hydrogen (secondary N) is 1. The molecule has 156 valence electrons. The number of methoxy groups -OCH3 is 1. The van der Waals surface area contributed by atoms with Crippen molar-refractivity contribution in [1.82, 2.24) is 0 Å². The second kappa shape index (κ2) is 8.94. The molecular formula is C24H25ClN2O3. The zero-order valence-electron chi connectivity index (χ0n) is 17.2. The fraction of sp³-hybridized carbons (Fsp3) is 0.292. The maximum Gasteiger partial charge on any atom is 0.231 e. The number of anilines is 2. The molecule has 1 fully saturated rings. The number of fused-ring (bicyclic) bond motifs is 1. The highest BCUT2D eigenvalue weighted by molar-refractivity contribution is 6.34. The van der Waals surface area contributed by atoms with E-state index in [1.54, 1.807) is 7.11 Å². The zero-order valence-corrected chi connectivity index (χ0v) is 17.9. The second-order valence-electron chi connectivity index (χ2n) is 7.42. The molecule has 4 rings (SSSR count). The minimum Gasteiger partial charge on any atom is -0.497 e. The van der Waals surface area contributed by atoms with Crippen LogP contribution in [0.4, 0.5) is 11.4 Å². The molecule has 0 bridgehead atoms. The average molecular weight is 425 g/mol. The normalized spacial score (nSPS) is 15.1. The maximum atomic E-state index is 13.1. The molecular weight excluding hydrogens is 400 g/mol. The zero-order chi connectivity index (χ0) is 21.1. The number of carbonyl (C=O) groups is 1. The highest BCUT2D eigenvalue weighted by atomic mass is 35.5. The van der Waals surface area contributed by atoms with E-state index in [4.69, 9.17) is 21.1 Å². The summed E-state index contributed by atoms with van der Waals surface area (Å²) in [6.45, 7) is 4.71. The number of nitrogens with zero attached hydrogens (tertiary/aromatic N) is 1.